The van der Waals surface area contributed by atoms with Crippen LogP contribution in [0.15, 0.2) is 24.3 Å². The van der Waals surface area contributed by atoms with Gasteiger partial charge in [0.1, 0.15) is 0 Å². The Morgan fingerprint density at radius 2 is 1.86 bits per heavy atom. The molecule has 1 aromatic carbocycles. The second-order valence-electron chi connectivity index (χ2n) is 4.54. The van der Waals surface area contributed by atoms with Gasteiger partial charge in [0.15, 0.2) is 0 Å². The largest absolute Gasteiger partial charge is 0.452 e. The fourth-order valence-electron chi connectivity index (χ4n) is 2.16. The summed E-state index contributed by atoms with van der Waals surface area (Å²) in [6.07, 6.45) is -0.996. The van der Waals surface area contributed by atoms with E-state index in [1.165, 1.54) is 4.31 Å². The molecule has 1 aliphatic heterocycles. The van der Waals surface area contributed by atoms with Crippen LogP contribution in [0.4, 0.5) is 16.2 Å². The number of carbonyl (C=O) groups is 1. The molecule has 1 aromatic rings. The number of ether oxygens (including phenoxy) is 1. The quantitative estimate of drug-likeness (QED) is 0.760. The van der Waals surface area contributed by atoms with Crippen LogP contribution in [0.25, 0.3) is 0 Å². The molecule has 1 heterocycles. The van der Waals surface area contributed by atoms with Crippen LogP contribution < -0.4 is 15.4 Å². The van der Waals surface area contributed by atoms with E-state index in [1.807, 2.05) is 27.8 Å². The Morgan fingerprint density at radius 3 is 2.43 bits per heavy atom. The van der Waals surface area contributed by atoms with Gasteiger partial charge in [-0.25, -0.2) is 9.52 Å². The number of nitrogens with one attached hydrogen (secondary N) is 1. The van der Waals surface area contributed by atoms with Gasteiger partial charge in [0.05, 0.1) is 18.5 Å². The van der Waals surface area contributed by atoms with Crippen LogP contribution in [0, 0.1) is 0 Å². The first-order valence-electron chi connectivity index (χ1n) is 6.39. The molecule has 0 atom stereocenters. The number of hydrogen-bond acceptors (Lipinski definition) is 6. The minimum Gasteiger partial charge on any atom is -0.452 e. The van der Waals surface area contributed by atoms with E-state index in [0.717, 1.165) is 12.8 Å². The third kappa shape index (κ3) is 3.56. The predicted molar refractivity (Wildman–Crippen MR) is 79.1 cm³/mol. The molecule has 1 aliphatic rings. The maximum Gasteiger partial charge on any atom is 0.421 e. The second kappa shape index (κ2) is 6.19. The van der Waals surface area contributed by atoms with Crippen LogP contribution >= 0.6 is 0 Å². The molecule has 1 fully saturated rings. The molecule has 116 valence electrons. The predicted octanol–water partition coefficient (Wildman–Crippen LogP) is -0.00840. The smallest absolute Gasteiger partial charge is 0.421 e. The van der Waals surface area contributed by atoms with Gasteiger partial charge in [-0.15, -0.1) is 0 Å². The van der Waals surface area contributed by atoms with Crippen molar-refractivity contribution in [2.45, 2.75) is 0 Å². The maximum atomic E-state index is 11.9. The fraction of sp³-hybridized carbons (Fsp3) is 0.417. The average molecular weight is 314 g/mol. The van der Waals surface area contributed by atoms with Gasteiger partial charge in [0, 0.05) is 26.2 Å². The van der Waals surface area contributed by atoms with Crippen molar-refractivity contribution in [2.75, 3.05) is 43.9 Å². The monoisotopic (exact) mass is 314 g/mol. The van der Waals surface area contributed by atoms with E-state index in [2.05, 4.69) is 4.74 Å². The summed E-state index contributed by atoms with van der Waals surface area (Å²) in [6.45, 7) is 1.52. The number of amides is 1. The number of hydrogen-bond donors (Lipinski definition) is 2. The standard InChI is InChI=1S/C12H18N4O4S/c1-20-12(17)14-21(18,19)16-8-6-15(7-9-16)11-5-3-2-4-10(11)13/h2-5H,6-9,13H2,1H3,(H,14,17). The van der Waals surface area contributed by atoms with Crippen molar-refractivity contribution < 1.29 is 17.9 Å². The molecule has 0 spiro atoms. The molecule has 0 unspecified atom stereocenters. The van der Waals surface area contributed by atoms with E-state index >= 15 is 0 Å². The number of nitrogens with two attached hydrogens (primary N) is 1. The molecule has 0 radical (unpaired) electrons. The van der Waals surface area contributed by atoms with Crippen molar-refractivity contribution in [2.24, 2.45) is 0 Å². The lowest BCUT2D eigenvalue weighted by atomic mass is 10.2. The zero-order valence-corrected chi connectivity index (χ0v) is 12.5. The van der Waals surface area contributed by atoms with Crippen LogP contribution in [-0.4, -0.2) is 52.1 Å². The van der Waals surface area contributed by atoms with Crippen LogP contribution in [0.5, 0.6) is 0 Å². The molecule has 0 saturated carbocycles. The number of para-hydroxylation sites is 2. The summed E-state index contributed by atoms with van der Waals surface area (Å²) in [4.78, 5) is 13.0. The summed E-state index contributed by atoms with van der Waals surface area (Å²) in [5.41, 5.74) is 7.45. The SMILES string of the molecule is COC(=O)NS(=O)(=O)N1CCN(c2ccccc2N)CC1. The third-order valence-corrected chi connectivity index (χ3v) is 4.72. The highest BCUT2D eigenvalue weighted by molar-refractivity contribution is 7.87. The summed E-state index contributed by atoms with van der Waals surface area (Å²) in [6, 6.07) is 7.43. The summed E-state index contributed by atoms with van der Waals surface area (Å²) in [5, 5.41) is 0. The average Bonchev–Trinajstić information content (AvgIpc) is 2.47. The zero-order chi connectivity index (χ0) is 15.5. The Hall–Kier alpha value is -2.00. The maximum absolute atomic E-state index is 11.9. The third-order valence-electron chi connectivity index (χ3n) is 3.25. The first-order valence-corrected chi connectivity index (χ1v) is 7.83. The van der Waals surface area contributed by atoms with E-state index in [9.17, 15) is 13.2 Å². The number of nitrogen functional groups attached to an aromatic ring is 1. The highest BCUT2D eigenvalue weighted by Gasteiger charge is 2.29. The molecule has 0 aromatic heterocycles. The molecule has 9 heteroatoms. The number of methoxy groups -OCH3 is 1. The molecule has 1 amide bonds. The van der Waals surface area contributed by atoms with Gasteiger partial charge in [0.2, 0.25) is 0 Å². The Kier molecular flexibility index (Phi) is 4.53. The van der Waals surface area contributed by atoms with Gasteiger partial charge in [-0.1, -0.05) is 12.1 Å². The van der Waals surface area contributed by atoms with Crippen LogP contribution in [0.3, 0.4) is 0 Å². The molecule has 0 bridgehead atoms. The van der Waals surface area contributed by atoms with Crippen molar-refractivity contribution in [3.8, 4) is 0 Å². The molecule has 1 saturated heterocycles. The van der Waals surface area contributed by atoms with Gasteiger partial charge in [-0.05, 0) is 12.1 Å². The number of anilines is 2. The van der Waals surface area contributed by atoms with E-state index in [-0.39, 0.29) is 13.1 Å². The Morgan fingerprint density at radius 1 is 1.24 bits per heavy atom. The number of benzene rings is 1. The lowest BCUT2D eigenvalue weighted by Gasteiger charge is -2.35. The molecule has 21 heavy (non-hydrogen) atoms. The van der Waals surface area contributed by atoms with Crippen LogP contribution in [-0.2, 0) is 14.9 Å². The van der Waals surface area contributed by atoms with Gasteiger partial charge < -0.3 is 15.4 Å². The van der Waals surface area contributed by atoms with Gasteiger partial charge in [0.25, 0.3) is 0 Å². The number of rotatable bonds is 3. The molecule has 2 rings (SSSR count). The van der Waals surface area contributed by atoms with E-state index in [1.54, 1.807) is 6.07 Å². The van der Waals surface area contributed by atoms with Crippen LogP contribution in [0.2, 0.25) is 0 Å². The van der Waals surface area contributed by atoms with Crippen molar-refractivity contribution in [3.05, 3.63) is 24.3 Å². The van der Waals surface area contributed by atoms with E-state index in [0.29, 0.717) is 18.8 Å². The van der Waals surface area contributed by atoms with Gasteiger partial charge in [-0.3, -0.25) is 0 Å². The number of nitrogens with zero attached hydrogens (tertiary/aromatic N) is 2. The fourth-order valence-corrected chi connectivity index (χ4v) is 3.22. The second-order valence-corrected chi connectivity index (χ2v) is 6.21. The van der Waals surface area contributed by atoms with Crippen molar-refractivity contribution in [1.29, 1.82) is 0 Å². The normalized spacial score (nSPS) is 16.5. The summed E-state index contributed by atoms with van der Waals surface area (Å²) in [7, 11) is -2.75. The lowest BCUT2D eigenvalue weighted by molar-refractivity contribution is 0.177. The topological polar surface area (TPSA) is 105 Å². The zero-order valence-electron chi connectivity index (χ0n) is 11.7. The summed E-state index contributed by atoms with van der Waals surface area (Å²) in [5.74, 6) is 0. The Bertz CT molecular complexity index is 611. The van der Waals surface area contributed by atoms with Crippen molar-refractivity contribution in [1.82, 2.24) is 9.03 Å². The minimum absolute atomic E-state index is 0.265. The van der Waals surface area contributed by atoms with Crippen molar-refractivity contribution in [3.63, 3.8) is 0 Å². The van der Waals surface area contributed by atoms with Crippen molar-refractivity contribution >= 4 is 27.7 Å². The molecular weight excluding hydrogens is 296 g/mol. The molecular formula is C12H18N4O4S. The van der Waals surface area contributed by atoms with Gasteiger partial charge in [-0.2, -0.15) is 12.7 Å². The highest BCUT2D eigenvalue weighted by atomic mass is 32.2. The minimum atomic E-state index is -3.86. The first-order chi connectivity index (χ1) is 9.94. The van der Waals surface area contributed by atoms with E-state index in [4.69, 9.17) is 5.73 Å². The number of carbonyl (C=O) groups excluding carboxylic acids is 1. The Labute approximate surface area is 123 Å². The Balaban J connectivity index is 2.00. The van der Waals surface area contributed by atoms with Crippen LogP contribution in [0.1, 0.15) is 0 Å². The number of piperazine rings is 1. The highest BCUT2D eigenvalue weighted by Crippen LogP contribution is 2.23. The summed E-state index contributed by atoms with van der Waals surface area (Å²) < 4.78 is 31.2. The molecule has 8 nitrogen and oxygen atoms in total. The summed E-state index contributed by atoms with van der Waals surface area (Å²) >= 11 is 0. The van der Waals surface area contributed by atoms with Gasteiger partial charge >= 0.3 is 16.3 Å². The van der Waals surface area contributed by atoms with E-state index < -0.39 is 16.3 Å². The first kappa shape index (κ1) is 15.4. The lowest BCUT2D eigenvalue weighted by Crippen LogP contribution is -2.53. The molecule has 0 aliphatic carbocycles. The molecule has 3 N–H and O–H groups in total.